The number of anilines is 1. The number of amides is 2. The highest BCUT2D eigenvalue weighted by Gasteiger charge is 2.47. The lowest BCUT2D eigenvalue weighted by atomic mass is 9.63. The molecule has 3 aromatic rings. The standard InChI is InChI=1S/C26H26F2N4O2/c1-32(25(34)26(11-2-12-26)19-7-8-21(27)22(28)15-19)16-23(29)17-3-5-18(6-4-17)24(33)31-20-9-13-30-14-10-20/h3-10,13-15,23H,2,11-12,16,29H2,1H3,(H,30,31,33). The predicted octanol–water partition coefficient (Wildman–Crippen LogP) is 4.19. The SMILES string of the molecule is CN(CC(N)c1ccc(C(=O)Nc2ccncc2)cc1)C(=O)C1(c2ccc(F)c(F)c2)CCC1. The molecule has 2 aromatic carbocycles. The number of carbonyl (C=O) groups is 2. The number of likely N-dealkylation sites (N-methyl/N-ethyl adjacent to an activating group) is 1. The van der Waals surface area contributed by atoms with Crippen molar-refractivity contribution in [3.8, 4) is 0 Å². The summed E-state index contributed by atoms with van der Waals surface area (Å²) in [6.45, 7) is 0.243. The number of nitrogens with one attached hydrogen (secondary N) is 1. The van der Waals surface area contributed by atoms with E-state index in [0.717, 1.165) is 24.1 Å². The molecular weight excluding hydrogens is 438 g/mol. The van der Waals surface area contributed by atoms with E-state index in [4.69, 9.17) is 5.73 Å². The van der Waals surface area contributed by atoms with Gasteiger partial charge in [-0.2, -0.15) is 0 Å². The molecule has 3 N–H and O–H groups in total. The van der Waals surface area contributed by atoms with Crippen LogP contribution in [0.1, 0.15) is 46.8 Å². The molecule has 0 spiro atoms. The van der Waals surface area contributed by atoms with Crippen LogP contribution >= 0.6 is 0 Å². The van der Waals surface area contributed by atoms with E-state index in [0.29, 0.717) is 29.7 Å². The van der Waals surface area contributed by atoms with Crippen molar-refractivity contribution in [1.82, 2.24) is 9.88 Å². The minimum absolute atomic E-state index is 0.159. The topological polar surface area (TPSA) is 88.3 Å². The number of rotatable bonds is 7. The van der Waals surface area contributed by atoms with Crippen LogP contribution in [-0.4, -0.2) is 35.3 Å². The average molecular weight is 465 g/mol. The zero-order valence-corrected chi connectivity index (χ0v) is 18.8. The van der Waals surface area contributed by atoms with Gasteiger partial charge in [0.25, 0.3) is 5.91 Å². The van der Waals surface area contributed by atoms with Crippen LogP contribution < -0.4 is 11.1 Å². The van der Waals surface area contributed by atoms with Crippen LogP contribution in [0.25, 0.3) is 0 Å². The summed E-state index contributed by atoms with van der Waals surface area (Å²) >= 11 is 0. The molecule has 34 heavy (non-hydrogen) atoms. The fourth-order valence-electron chi connectivity index (χ4n) is 4.32. The van der Waals surface area contributed by atoms with Gasteiger partial charge in [-0.3, -0.25) is 14.6 Å². The van der Waals surface area contributed by atoms with Gasteiger partial charge in [0.2, 0.25) is 5.91 Å². The highest BCUT2D eigenvalue weighted by atomic mass is 19.2. The number of hydrogen-bond donors (Lipinski definition) is 2. The summed E-state index contributed by atoms with van der Waals surface area (Å²) in [6.07, 6.45) is 5.19. The Balaban J connectivity index is 1.41. The highest BCUT2D eigenvalue weighted by Crippen LogP contribution is 2.45. The number of benzene rings is 2. The third-order valence-corrected chi connectivity index (χ3v) is 6.45. The van der Waals surface area contributed by atoms with Gasteiger partial charge in [0.05, 0.1) is 5.41 Å². The molecule has 1 aliphatic carbocycles. The van der Waals surface area contributed by atoms with Crippen LogP contribution in [0.4, 0.5) is 14.5 Å². The molecule has 1 atom stereocenters. The summed E-state index contributed by atoms with van der Waals surface area (Å²) in [5, 5.41) is 2.79. The molecule has 1 saturated carbocycles. The lowest BCUT2D eigenvalue weighted by molar-refractivity contribution is -0.139. The maximum absolute atomic E-state index is 13.8. The first-order chi connectivity index (χ1) is 16.3. The number of carbonyl (C=O) groups excluding carboxylic acids is 2. The Bertz CT molecular complexity index is 1180. The van der Waals surface area contributed by atoms with Crippen molar-refractivity contribution in [1.29, 1.82) is 0 Å². The fourth-order valence-corrected chi connectivity index (χ4v) is 4.32. The zero-order chi connectivity index (χ0) is 24.3. The van der Waals surface area contributed by atoms with Gasteiger partial charge in [-0.1, -0.05) is 24.6 Å². The van der Waals surface area contributed by atoms with Crippen molar-refractivity contribution < 1.29 is 18.4 Å². The number of pyridine rings is 1. The Kier molecular flexibility index (Phi) is 6.70. The van der Waals surface area contributed by atoms with E-state index in [-0.39, 0.29) is 18.4 Å². The van der Waals surface area contributed by atoms with Crippen molar-refractivity contribution in [2.24, 2.45) is 5.73 Å². The van der Waals surface area contributed by atoms with Crippen LogP contribution in [0, 0.1) is 11.6 Å². The minimum atomic E-state index is -0.955. The highest BCUT2D eigenvalue weighted by molar-refractivity contribution is 6.04. The Hall–Kier alpha value is -3.65. The first kappa shape index (κ1) is 23.5. The largest absolute Gasteiger partial charge is 0.343 e. The van der Waals surface area contributed by atoms with Crippen LogP contribution in [0.5, 0.6) is 0 Å². The Morgan fingerprint density at radius 1 is 1.06 bits per heavy atom. The van der Waals surface area contributed by atoms with Crippen molar-refractivity contribution in [2.45, 2.75) is 30.7 Å². The number of nitrogens with zero attached hydrogens (tertiary/aromatic N) is 2. The number of aromatic nitrogens is 1. The second-order valence-corrected chi connectivity index (χ2v) is 8.67. The van der Waals surface area contributed by atoms with E-state index in [1.54, 1.807) is 60.7 Å². The summed E-state index contributed by atoms with van der Waals surface area (Å²) in [6, 6.07) is 13.5. The molecular formula is C26H26F2N4O2. The maximum atomic E-state index is 13.8. The van der Waals surface area contributed by atoms with Gasteiger partial charge in [-0.25, -0.2) is 8.78 Å². The summed E-state index contributed by atoms with van der Waals surface area (Å²) in [5.41, 5.74) is 7.90. The van der Waals surface area contributed by atoms with E-state index in [1.165, 1.54) is 6.07 Å². The molecule has 176 valence electrons. The van der Waals surface area contributed by atoms with Gasteiger partial charge in [-0.05, 0) is 60.4 Å². The summed E-state index contributed by atoms with van der Waals surface area (Å²) in [4.78, 5) is 31.2. The molecule has 0 aliphatic heterocycles. The van der Waals surface area contributed by atoms with Gasteiger partial charge in [0.15, 0.2) is 11.6 Å². The molecule has 4 rings (SSSR count). The molecule has 8 heteroatoms. The van der Waals surface area contributed by atoms with E-state index in [1.807, 2.05) is 0 Å². The minimum Gasteiger partial charge on any atom is -0.343 e. The third kappa shape index (κ3) is 4.68. The molecule has 1 heterocycles. The van der Waals surface area contributed by atoms with Crippen LogP contribution in [0.15, 0.2) is 67.0 Å². The van der Waals surface area contributed by atoms with Crippen LogP contribution in [0.3, 0.4) is 0 Å². The predicted molar refractivity (Wildman–Crippen MR) is 125 cm³/mol. The van der Waals surface area contributed by atoms with Gasteiger partial charge in [0.1, 0.15) is 0 Å². The molecule has 2 amide bonds. The molecule has 0 radical (unpaired) electrons. The number of nitrogens with two attached hydrogens (primary N) is 1. The zero-order valence-electron chi connectivity index (χ0n) is 18.8. The van der Waals surface area contributed by atoms with E-state index in [2.05, 4.69) is 10.3 Å². The molecule has 1 aliphatic rings. The van der Waals surface area contributed by atoms with Crippen LogP contribution in [0.2, 0.25) is 0 Å². The van der Waals surface area contributed by atoms with Crippen molar-refractivity contribution in [3.05, 3.63) is 95.3 Å². The summed E-state index contributed by atoms with van der Waals surface area (Å²) < 4.78 is 27.2. The van der Waals surface area contributed by atoms with Crippen molar-refractivity contribution >= 4 is 17.5 Å². The lowest BCUT2D eigenvalue weighted by Crippen LogP contribution is -2.51. The molecule has 6 nitrogen and oxygen atoms in total. The third-order valence-electron chi connectivity index (χ3n) is 6.45. The van der Waals surface area contributed by atoms with Gasteiger partial charge in [-0.15, -0.1) is 0 Å². The molecule has 1 fully saturated rings. The summed E-state index contributed by atoms with van der Waals surface area (Å²) in [5.74, 6) is -2.30. The average Bonchev–Trinajstić information content (AvgIpc) is 2.81. The van der Waals surface area contributed by atoms with Gasteiger partial charge < -0.3 is 16.0 Å². The van der Waals surface area contributed by atoms with E-state index < -0.39 is 23.1 Å². The van der Waals surface area contributed by atoms with Crippen molar-refractivity contribution in [3.63, 3.8) is 0 Å². The quantitative estimate of drug-likeness (QED) is 0.549. The normalized spacial score (nSPS) is 15.2. The molecule has 1 unspecified atom stereocenters. The Morgan fingerprint density at radius 2 is 1.74 bits per heavy atom. The maximum Gasteiger partial charge on any atom is 0.255 e. The van der Waals surface area contributed by atoms with Crippen LogP contribution in [-0.2, 0) is 10.2 Å². The fraction of sp³-hybridized carbons (Fsp3) is 0.269. The summed E-state index contributed by atoms with van der Waals surface area (Å²) in [7, 11) is 1.67. The number of halogens is 2. The lowest BCUT2D eigenvalue weighted by Gasteiger charge is -2.43. The number of hydrogen-bond acceptors (Lipinski definition) is 4. The Labute approximate surface area is 196 Å². The second kappa shape index (κ2) is 9.69. The van der Waals surface area contributed by atoms with E-state index >= 15 is 0 Å². The molecule has 1 aromatic heterocycles. The molecule has 0 bridgehead atoms. The molecule has 0 saturated heterocycles. The first-order valence-corrected chi connectivity index (χ1v) is 11.1. The van der Waals surface area contributed by atoms with Gasteiger partial charge >= 0.3 is 0 Å². The monoisotopic (exact) mass is 464 g/mol. The first-order valence-electron chi connectivity index (χ1n) is 11.1. The second-order valence-electron chi connectivity index (χ2n) is 8.67. The smallest absolute Gasteiger partial charge is 0.255 e. The van der Waals surface area contributed by atoms with E-state index in [9.17, 15) is 18.4 Å². The van der Waals surface area contributed by atoms with Gasteiger partial charge in [0, 0.05) is 43.3 Å². The Morgan fingerprint density at radius 3 is 2.32 bits per heavy atom. The van der Waals surface area contributed by atoms with Crippen molar-refractivity contribution in [2.75, 3.05) is 18.9 Å².